The summed E-state index contributed by atoms with van der Waals surface area (Å²) in [6.07, 6.45) is 5.09. The van der Waals surface area contributed by atoms with Crippen molar-refractivity contribution in [2.24, 2.45) is 11.3 Å². The second-order valence-electron chi connectivity index (χ2n) is 6.60. The van der Waals surface area contributed by atoms with E-state index < -0.39 is 11.9 Å². The molecule has 0 radical (unpaired) electrons. The molecule has 1 saturated carbocycles. The Morgan fingerprint density at radius 2 is 1.96 bits per heavy atom. The van der Waals surface area contributed by atoms with Crippen LogP contribution in [0.5, 0.6) is 5.75 Å². The molecule has 0 bridgehead atoms. The van der Waals surface area contributed by atoms with E-state index in [1.807, 2.05) is 31.2 Å². The molecule has 1 amide bonds. The van der Waals surface area contributed by atoms with Crippen molar-refractivity contribution < 1.29 is 19.4 Å². The summed E-state index contributed by atoms with van der Waals surface area (Å²) in [7, 11) is 1.57. The largest absolute Gasteiger partial charge is 0.496 e. The summed E-state index contributed by atoms with van der Waals surface area (Å²) < 4.78 is 5.29. The van der Waals surface area contributed by atoms with Crippen molar-refractivity contribution in [1.82, 2.24) is 5.32 Å². The fraction of sp³-hybridized carbons (Fsp3) is 0.579. The number of carbonyl (C=O) groups excluding carboxylic acids is 1. The smallest absolute Gasteiger partial charge is 0.308 e. The van der Waals surface area contributed by atoms with Gasteiger partial charge in [0.25, 0.3) is 0 Å². The predicted molar refractivity (Wildman–Crippen MR) is 92.0 cm³/mol. The number of benzene rings is 1. The van der Waals surface area contributed by atoms with Crippen LogP contribution in [0.4, 0.5) is 0 Å². The molecular weight excluding hydrogens is 306 g/mol. The maximum absolute atomic E-state index is 12.6. The normalized spacial score (nSPS) is 17.2. The first-order valence-corrected chi connectivity index (χ1v) is 8.65. The van der Waals surface area contributed by atoms with Crippen molar-refractivity contribution in [3.8, 4) is 5.75 Å². The molecule has 0 saturated heterocycles. The van der Waals surface area contributed by atoms with Crippen molar-refractivity contribution in [2.75, 3.05) is 13.7 Å². The second-order valence-corrected chi connectivity index (χ2v) is 6.60. The quantitative estimate of drug-likeness (QED) is 0.767. The van der Waals surface area contributed by atoms with Crippen molar-refractivity contribution in [1.29, 1.82) is 0 Å². The number of carboxylic acid groups (broad SMARTS) is 1. The summed E-state index contributed by atoms with van der Waals surface area (Å²) in [6.45, 7) is 2.18. The maximum Gasteiger partial charge on any atom is 0.308 e. The van der Waals surface area contributed by atoms with Gasteiger partial charge in [-0.05, 0) is 37.3 Å². The Hall–Kier alpha value is -2.04. The minimum Gasteiger partial charge on any atom is -0.496 e. The van der Waals surface area contributed by atoms with E-state index in [-0.39, 0.29) is 17.9 Å². The van der Waals surface area contributed by atoms with E-state index in [0.29, 0.717) is 12.2 Å². The van der Waals surface area contributed by atoms with Crippen LogP contribution in [0.25, 0.3) is 0 Å². The van der Waals surface area contributed by atoms with Gasteiger partial charge in [0.1, 0.15) is 5.75 Å². The van der Waals surface area contributed by atoms with E-state index in [0.717, 1.165) is 37.7 Å². The molecule has 24 heavy (non-hydrogen) atoms. The van der Waals surface area contributed by atoms with Crippen molar-refractivity contribution in [3.63, 3.8) is 0 Å². The van der Waals surface area contributed by atoms with E-state index >= 15 is 0 Å². The molecule has 0 heterocycles. The van der Waals surface area contributed by atoms with Crippen molar-refractivity contribution in [2.45, 2.75) is 45.4 Å². The highest BCUT2D eigenvalue weighted by Crippen LogP contribution is 2.41. The lowest BCUT2D eigenvalue weighted by atomic mass is 9.82. The third-order valence-electron chi connectivity index (χ3n) is 5.24. The number of hydrogen-bond donors (Lipinski definition) is 2. The highest BCUT2D eigenvalue weighted by Gasteiger charge is 2.39. The van der Waals surface area contributed by atoms with Gasteiger partial charge in [-0.25, -0.2) is 0 Å². The number of nitrogens with one attached hydrogen (secondary N) is 1. The molecule has 5 heteroatoms. The number of carboxylic acids is 1. The monoisotopic (exact) mass is 333 g/mol. The molecule has 1 fully saturated rings. The highest BCUT2D eigenvalue weighted by molar-refractivity contribution is 5.83. The van der Waals surface area contributed by atoms with E-state index in [4.69, 9.17) is 4.74 Å². The summed E-state index contributed by atoms with van der Waals surface area (Å²) in [5, 5.41) is 12.4. The molecule has 1 unspecified atom stereocenters. The molecule has 2 rings (SSSR count). The van der Waals surface area contributed by atoms with E-state index in [1.54, 1.807) is 7.11 Å². The summed E-state index contributed by atoms with van der Waals surface area (Å²) in [4.78, 5) is 24.2. The van der Waals surface area contributed by atoms with Crippen LogP contribution in [0.2, 0.25) is 0 Å². The van der Waals surface area contributed by atoms with Crippen molar-refractivity contribution in [3.05, 3.63) is 29.8 Å². The first-order chi connectivity index (χ1) is 11.5. The third-order valence-corrected chi connectivity index (χ3v) is 5.24. The lowest BCUT2D eigenvalue weighted by molar-refractivity contribution is -0.142. The number of ether oxygens (including phenoxy) is 1. The Kier molecular flexibility index (Phi) is 6.23. The first-order valence-electron chi connectivity index (χ1n) is 8.65. The zero-order valence-corrected chi connectivity index (χ0v) is 14.5. The molecule has 1 aromatic rings. The third kappa shape index (κ3) is 4.08. The minimum absolute atomic E-state index is 0.00813. The molecule has 5 nitrogen and oxygen atoms in total. The summed E-state index contributed by atoms with van der Waals surface area (Å²) in [5.74, 6) is -0.886. The van der Waals surface area contributed by atoms with Crippen LogP contribution in [-0.2, 0) is 16.0 Å². The number of carbonyl (C=O) groups is 2. The van der Waals surface area contributed by atoms with Crippen LogP contribution in [0.15, 0.2) is 24.3 Å². The average Bonchev–Trinajstić information content (AvgIpc) is 3.08. The van der Waals surface area contributed by atoms with Gasteiger partial charge < -0.3 is 15.2 Å². The van der Waals surface area contributed by atoms with Crippen LogP contribution in [0.1, 0.15) is 44.6 Å². The molecule has 0 spiro atoms. The van der Waals surface area contributed by atoms with Gasteiger partial charge in [0.15, 0.2) is 0 Å². The Morgan fingerprint density at radius 1 is 1.29 bits per heavy atom. The van der Waals surface area contributed by atoms with Gasteiger partial charge in [-0.2, -0.15) is 0 Å². The first kappa shape index (κ1) is 18.3. The van der Waals surface area contributed by atoms with E-state index in [1.165, 1.54) is 0 Å². The topological polar surface area (TPSA) is 75.6 Å². The number of rotatable bonds is 8. The molecule has 1 aromatic carbocycles. The number of hydrogen-bond acceptors (Lipinski definition) is 3. The molecule has 2 N–H and O–H groups in total. The standard InChI is InChI=1S/C19H27NO4/c1-3-19(10-6-7-11-19)18(23)20-13-15(17(21)22)12-14-8-4-5-9-16(14)24-2/h4-5,8-9,15H,3,6-7,10-13H2,1-2H3,(H,20,23)(H,21,22). The van der Waals surface area contributed by atoms with Crippen LogP contribution in [0.3, 0.4) is 0 Å². The fourth-order valence-electron chi connectivity index (χ4n) is 3.58. The average molecular weight is 333 g/mol. The Morgan fingerprint density at radius 3 is 2.54 bits per heavy atom. The van der Waals surface area contributed by atoms with Crippen molar-refractivity contribution >= 4 is 11.9 Å². The second kappa shape index (κ2) is 8.18. The molecule has 0 aliphatic heterocycles. The predicted octanol–water partition coefficient (Wildman–Crippen LogP) is 3.03. The summed E-state index contributed by atoms with van der Waals surface area (Å²) in [5.41, 5.74) is 0.542. The number of aliphatic carboxylic acids is 1. The number of methoxy groups -OCH3 is 1. The summed E-state index contributed by atoms with van der Waals surface area (Å²) >= 11 is 0. The minimum atomic E-state index is -0.904. The Bertz CT molecular complexity index is 578. The van der Waals surface area contributed by atoms with Gasteiger partial charge in [-0.15, -0.1) is 0 Å². The Balaban J connectivity index is 2.01. The van der Waals surface area contributed by atoms with E-state index in [9.17, 15) is 14.7 Å². The van der Waals surface area contributed by atoms with Crippen LogP contribution >= 0.6 is 0 Å². The lowest BCUT2D eigenvalue weighted by Gasteiger charge is -2.27. The lowest BCUT2D eigenvalue weighted by Crippen LogP contribution is -2.42. The SMILES string of the molecule is CCC1(C(=O)NCC(Cc2ccccc2OC)C(=O)O)CCCC1. The number of para-hydroxylation sites is 1. The van der Waals surface area contributed by atoms with Gasteiger partial charge in [0.2, 0.25) is 5.91 Å². The fourth-order valence-corrected chi connectivity index (χ4v) is 3.58. The van der Waals surface area contributed by atoms with Crippen LogP contribution in [0, 0.1) is 11.3 Å². The molecule has 132 valence electrons. The molecular formula is C19H27NO4. The van der Waals surface area contributed by atoms with Crippen LogP contribution in [-0.4, -0.2) is 30.6 Å². The van der Waals surface area contributed by atoms with Crippen LogP contribution < -0.4 is 10.1 Å². The zero-order valence-electron chi connectivity index (χ0n) is 14.5. The van der Waals surface area contributed by atoms with Gasteiger partial charge in [0, 0.05) is 12.0 Å². The molecule has 1 atom stereocenters. The molecule has 1 aliphatic rings. The summed E-state index contributed by atoms with van der Waals surface area (Å²) in [6, 6.07) is 7.39. The van der Waals surface area contributed by atoms with Gasteiger partial charge in [-0.1, -0.05) is 38.0 Å². The molecule has 0 aromatic heterocycles. The Labute approximate surface area is 143 Å². The van der Waals surface area contributed by atoms with Gasteiger partial charge >= 0.3 is 5.97 Å². The highest BCUT2D eigenvalue weighted by atomic mass is 16.5. The molecule has 1 aliphatic carbocycles. The van der Waals surface area contributed by atoms with Gasteiger partial charge in [-0.3, -0.25) is 9.59 Å². The number of amides is 1. The van der Waals surface area contributed by atoms with E-state index in [2.05, 4.69) is 5.32 Å². The van der Waals surface area contributed by atoms with Gasteiger partial charge in [0.05, 0.1) is 13.0 Å². The zero-order chi connectivity index (χ0) is 17.6. The maximum atomic E-state index is 12.6.